The van der Waals surface area contributed by atoms with Crippen LogP contribution in [0.5, 0.6) is 0 Å². The van der Waals surface area contributed by atoms with E-state index >= 15 is 0 Å². The van der Waals surface area contributed by atoms with Crippen LogP contribution in [0, 0.1) is 13.8 Å². The van der Waals surface area contributed by atoms with Crippen LogP contribution in [-0.4, -0.2) is 35.7 Å². The van der Waals surface area contributed by atoms with E-state index in [1.807, 2.05) is 27.0 Å². The Morgan fingerprint density at radius 2 is 1.95 bits per heavy atom. The van der Waals surface area contributed by atoms with Crippen LogP contribution < -0.4 is 10.0 Å². The fourth-order valence-electron chi connectivity index (χ4n) is 1.99. The lowest BCUT2D eigenvalue weighted by molar-refractivity contribution is 0.196. The average Bonchev–Trinajstić information content (AvgIpc) is 2.39. The van der Waals surface area contributed by atoms with Gasteiger partial charge in [0.15, 0.2) is 0 Å². The Hall–Kier alpha value is -0.950. The van der Waals surface area contributed by atoms with Crippen LogP contribution in [0.15, 0.2) is 17.0 Å². The van der Waals surface area contributed by atoms with E-state index in [4.69, 9.17) is 4.74 Å². The van der Waals surface area contributed by atoms with Crippen molar-refractivity contribution in [1.29, 1.82) is 0 Å². The Kier molecular flexibility index (Phi) is 6.61. The van der Waals surface area contributed by atoms with Gasteiger partial charge in [0.1, 0.15) is 0 Å². The van der Waals surface area contributed by atoms with Gasteiger partial charge in [0.2, 0.25) is 10.0 Å². The van der Waals surface area contributed by atoms with E-state index in [0.717, 1.165) is 16.7 Å². The van der Waals surface area contributed by atoms with Crippen molar-refractivity contribution < 1.29 is 13.2 Å². The van der Waals surface area contributed by atoms with Gasteiger partial charge in [-0.15, -0.1) is 0 Å². The highest BCUT2D eigenvalue weighted by Gasteiger charge is 2.18. The largest absolute Gasteiger partial charge is 0.385 e. The Morgan fingerprint density at radius 3 is 2.55 bits per heavy atom. The number of sulfonamides is 1. The molecular weight excluding hydrogens is 276 g/mol. The van der Waals surface area contributed by atoms with Gasteiger partial charge >= 0.3 is 0 Å². The van der Waals surface area contributed by atoms with Crippen molar-refractivity contribution >= 4 is 10.0 Å². The lowest BCUT2D eigenvalue weighted by Crippen LogP contribution is -2.26. The molecule has 20 heavy (non-hydrogen) atoms. The molecule has 2 N–H and O–H groups in total. The van der Waals surface area contributed by atoms with Gasteiger partial charge in [-0.25, -0.2) is 13.1 Å². The SMILES string of the molecule is CNCc1cc(C)c(C)c(S(=O)(=O)NCCCOC)c1. The molecule has 0 aromatic heterocycles. The van der Waals surface area contributed by atoms with Crippen molar-refractivity contribution in [3.63, 3.8) is 0 Å². The summed E-state index contributed by atoms with van der Waals surface area (Å²) in [4.78, 5) is 0.361. The second kappa shape index (κ2) is 7.73. The van der Waals surface area contributed by atoms with Gasteiger partial charge in [-0.3, -0.25) is 0 Å². The molecule has 0 bridgehead atoms. The maximum absolute atomic E-state index is 12.4. The predicted molar refractivity (Wildman–Crippen MR) is 80.4 cm³/mol. The van der Waals surface area contributed by atoms with Crippen LogP contribution >= 0.6 is 0 Å². The van der Waals surface area contributed by atoms with Crippen molar-refractivity contribution in [1.82, 2.24) is 10.0 Å². The molecule has 0 unspecified atom stereocenters. The lowest BCUT2D eigenvalue weighted by atomic mass is 10.1. The Labute approximate surface area is 121 Å². The van der Waals surface area contributed by atoms with Gasteiger partial charge in [-0.05, 0) is 50.1 Å². The Bertz CT molecular complexity index is 542. The van der Waals surface area contributed by atoms with Gasteiger partial charge in [0.25, 0.3) is 0 Å². The molecule has 0 fully saturated rings. The molecule has 1 aromatic carbocycles. The van der Waals surface area contributed by atoms with Gasteiger partial charge in [0.05, 0.1) is 4.90 Å². The summed E-state index contributed by atoms with van der Waals surface area (Å²) < 4.78 is 32.2. The second-order valence-electron chi connectivity index (χ2n) is 4.81. The van der Waals surface area contributed by atoms with Gasteiger partial charge in [0, 0.05) is 26.8 Å². The van der Waals surface area contributed by atoms with Crippen LogP contribution in [0.4, 0.5) is 0 Å². The van der Waals surface area contributed by atoms with Gasteiger partial charge < -0.3 is 10.1 Å². The molecule has 0 aliphatic rings. The summed E-state index contributed by atoms with van der Waals surface area (Å²) in [7, 11) is -0.0280. The molecule has 0 atom stereocenters. The minimum atomic E-state index is -3.47. The maximum Gasteiger partial charge on any atom is 0.240 e. The van der Waals surface area contributed by atoms with Crippen LogP contribution in [0.25, 0.3) is 0 Å². The third kappa shape index (κ3) is 4.56. The lowest BCUT2D eigenvalue weighted by Gasteiger charge is -2.13. The number of rotatable bonds is 8. The van der Waals surface area contributed by atoms with Crippen molar-refractivity contribution in [2.45, 2.75) is 31.7 Å². The van der Waals surface area contributed by atoms with E-state index < -0.39 is 10.0 Å². The molecule has 0 saturated heterocycles. The average molecular weight is 300 g/mol. The van der Waals surface area contributed by atoms with Crippen LogP contribution in [0.1, 0.15) is 23.1 Å². The third-order valence-corrected chi connectivity index (χ3v) is 4.75. The van der Waals surface area contributed by atoms with E-state index in [9.17, 15) is 8.42 Å². The summed E-state index contributed by atoms with van der Waals surface area (Å²) in [6.45, 7) is 5.33. The summed E-state index contributed by atoms with van der Waals surface area (Å²) in [5.41, 5.74) is 2.74. The molecule has 114 valence electrons. The van der Waals surface area contributed by atoms with Crippen LogP contribution in [0.3, 0.4) is 0 Å². The first-order valence-electron chi connectivity index (χ1n) is 6.65. The Morgan fingerprint density at radius 1 is 1.25 bits per heavy atom. The van der Waals surface area contributed by atoms with E-state index in [1.54, 1.807) is 13.2 Å². The molecule has 0 aliphatic carbocycles. The first-order valence-corrected chi connectivity index (χ1v) is 8.14. The zero-order chi connectivity index (χ0) is 15.2. The number of nitrogens with one attached hydrogen (secondary N) is 2. The molecule has 0 aliphatic heterocycles. The smallest absolute Gasteiger partial charge is 0.240 e. The number of hydrogen-bond acceptors (Lipinski definition) is 4. The van der Waals surface area contributed by atoms with Gasteiger partial charge in [-0.1, -0.05) is 6.07 Å². The van der Waals surface area contributed by atoms with Crippen LogP contribution in [-0.2, 0) is 21.3 Å². The third-order valence-electron chi connectivity index (χ3n) is 3.17. The van der Waals surface area contributed by atoms with E-state index in [2.05, 4.69) is 10.0 Å². The number of aryl methyl sites for hydroxylation is 1. The minimum Gasteiger partial charge on any atom is -0.385 e. The topological polar surface area (TPSA) is 67.4 Å². The van der Waals surface area contributed by atoms with Crippen molar-refractivity contribution in [2.24, 2.45) is 0 Å². The normalized spacial score (nSPS) is 11.8. The van der Waals surface area contributed by atoms with Crippen LogP contribution in [0.2, 0.25) is 0 Å². The fraction of sp³-hybridized carbons (Fsp3) is 0.571. The summed E-state index contributed by atoms with van der Waals surface area (Å²) in [5, 5.41) is 3.04. The highest BCUT2D eigenvalue weighted by atomic mass is 32.2. The Balaban J connectivity index is 2.98. The molecule has 5 nitrogen and oxygen atoms in total. The summed E-state index contributed by atoms with van der Waals surface area (Å²) in [6, 6.07) is 3.74. The molecule has 0 spiro atoms. The molecule has 6 heteroatoms. The fourth-order valence-corrected chi connectivity index (χ4v) is 3.42. The van der Waals surface area contributed by atoms with Crippen molar-refractivity contribution in [3.8, 4) is 0 Å². The first kappa shape index (κ1) is 17.1. The van der Waals surface area contributed by atoms with Crippen molar-refractivity contribution in [2.75, 3.05) is 27.3 Å². The molecule has 0 amide bonds. The molecule has 1 aromatic rings. The highest BCUT2D eigenvalue weighted by molar-refractivity contribution is 7.89. The monoisotopic (exact) mass is 300 g/mol. The second-order valence-corrected chi connectivity index (χ2v) is 6.55. The number of benzene rings is 1. The summed E-state index contributed by atoms with van der Waals surface area (Å²) >= 11 is 0. The summed E-state index contributed by atoms with van der Waals surface area (Å²) in [5.74, 6) is 0. The maximum atomic E-state index is 12.4. The number of ether oxygens (including phenoxy) is 1. The quantitative estimate of drug-likeness (QED) is 0.711. The highest BCUT2D eigenvalue weighted by Crippen LogP contribution is 2.21. The first-order chi connectivity index (χ1) is 9.42. The van der Waals surface area contributed by atoms with Gasteiger partial charge in [-0.2, -0.15) is 0 Å². The summed E-state index contributed by atoms with van der Waals surface area (Å²) in [6.07, 6.45) is 0.657. The minimum absolute atomic E-state index is 0.361. The predicted octanol–water partition coefficient (Wildman–Crippen LogP) is 1.34. The van der Waals surface area contributed by atoms with E-state index in [0.29, 0.717) is 31.0 Å². The standard InChI is InChI=1S/C14H24N2O3S/c1-11-8-13(10-15-3)9-14(12(11)2)20(17,18)16-6-5-7-19-4/h8-9,15-16H,5-7,10H2,1-4H3. The zero-order valence-corrected chi connectivity index (χ0v) is 13.4. The molecule has 0 heterocycles. The molecular formula is C14H24N2O3S. The van der Waals surface area contributed by atoms with E-state index in [-0.39, 0.29) is 0 Å². The number of hydrogen-bond donors (Lipinski definition) is 2. The zero-order valence-electron chi connectivity index (χ0n) is 12.6. The molecule has 0 radical (unpaired) electrons. The number of methoxy groups -OCH3 is 1. The van der Waals surface area contributed by atoms with Crippen molar-refractivity contribution in [3.05, 3.63) is 28.8 Å². The molecule has 1 rings (SSSR count). The van der Waals surface area contributed by atoms with E-state index in [1.165, 1.54) is 0 Å². The molecule has 0 saturated carbocycles.